The summed E-state index contributed by atoms with van der Waals surface area (Å²) in [5.74, 6) is 0.461. The molecule has 0 aliphatic heterocycles. The molecule has 0 radical (unpaired) electrons. The molecule has 6 nitrogen and oxygen atoms in total. The van der Waals surface area contributed by atoms with E-state index >= 15 is 0 Å². The Morgan fingerprint density at radius 2 is 1.92 bits per heavy atom. The Morgan fingerprint density at radius 3 is 2.62 bits per heavy atom. The summed E-state index contributed by atoms with van der Waals surface area (Å²) in [5.41, 5.74) is 0.146. The van der Waals surface area contributed by atoms with E-state index in [1.807, 2.05) is 12.1 Å². The summed E-state index contributed by atoms with van der Waals surface area (Å²) < 4.78 is 6.74. The molecule has 1 amide bonds. The summed E-state index contributed by atoms with van der Waals surface area (Å²) in [6.07, 6.45) is 4.51. The molecule has 0 unspecified atom stereocenters. The van der Waals surface area contributed by atoms with E-state index in [-0.39, 0.29) is 11.5 Å². The number of hydrogen-bond donors (Lipinski definition) is 0. The Bertz CT molecular complexity index is 945. The summed E-state index contributed by atoms with van der Waals surface area (Å²) in [6.45, 7) is 2.96. The highest BCUT2D eigenvalue weighted by molar-refractivity contribution is 6.04. The third-order valence-electron chi connectivity index (χ3n) is 4.36. The van der Waals surface area contributed by atoms with Crippen LogP contribution in [0.4, 0.5) is 0 Å². The molecule has 136 valence electrons. The Hall–Kier alpha value is -2.89. The maximum Gasteiger partial charge on any atom is 0.275 e. The van der Waals surface area contributed by atoms with Gasteiger partial charge in [0.1, 0.15) is 5.76 Å². The lowest BCUT2D eigenvalue weighted by molar-refractivity contribution is 0.0769. The van der Waals surface area contributed by atoms with Gasteiger partial charge in [0, 0.05) is 19.0 Å². The molecule has 26 heavy (non-hydrogen) atoms. The highest BCUT2D eigenvalue weighted by Gasteiger charge is 2.20. The number of unbranched alkanes of at least 4 members (excludes halogenated alkanes) is 2. The first-order valence-corrected chi connectivity index (χ1v) is 8.89. The normalized spacial score (nSPS) is 11.0. The molecule has 2 heterocycles. The lowest BCUT2D eigenvalue weighted by Gasteiger charge is -2.17. The van der Waals surface area contributed by atoms with Gasteiger partial charge in [0.15, 0.2) is 5.69 Å². The number of carbonyl (C=O) groups excluding carboxylic acids is 1. The van der Waals surface area contributed by atoms with Crippen LogP contribution >= 0.6 is 0 Å². The Morgan fingerprint density at radius 1 is 1.15 bits per heavy atom. The molecule has 0 N–H and O–H groups in total. The number of fused-ring (bicyclic) bond motifs is 1. The van der Waals surface area contributed by atoms with E-state index in [9.17, 15) is 9.59 Å². The fourth-order valence-electron chi connectivity index (χ4n) is 2.95. The SMILES string of the molecule is CCCCCn1nc(C(=O)N(C)Cc2ccco2)c2ccccc2c1=O. The van der Waals surface area contributed by atoms with Crippen LogP contribution in [0.2, 0.25) is 0 Å². The second-order valence-corrected chi connectivity index (χ2v) is 6.37. The van der Waals surface area contributed by atoms with E-state index in [0.717, 1.165) is 19.3 Å². The minimum atomic E-state index is -0.234. The van der Waals surface area contributed by atoms with Gasteiger partial charge < -0.3 is 9.32 Å². The van der Waals surface area contributed by atoms with Crippen LogP contribution in [0.5, 0.6) is 0 Å². The molecule has 1 aromatic carbocycles. The topological polar surface area (TPSA) is 68.3 Å². The molecule has 3 rings (SSSR count). The van der Waals surface area contributed by atoms with Crippen molar-refractivity contribution in [2.75, 3.05) is 7.05 Å². The van der Waals surface area contributed by atoms with Crippen LogP contribution in [0.1, 0.15) is 42.4 Å². The van der Waals surface area contributed by atoms with Crippen LogP contribution in [-0.2, 0) is 13.1 Å². The number of benzene rings is 1. The first kappa shape index (κ1) is 17.9. The van der Waals surface area contributed by atoms with E-state index in [1.165, 1.54) is 4.68 Å². The van der Waals surface area contributed by atoms with Gasteiger partial charge in [-0.3, -0.25) is 9.59 Å². The van der Waals surface area contributed by atoms with E-state index in [1.54, 1.807) is 42.5 Å². The fraction of sp³-hybridized carbons (Fsp3) is 0.350. The van der Waals surface area contributed by atoms with Crippen molar-refractivity contribution in [3.8, 4) is 0 Å². The van der Waals surface area contributed by atoms with Crippen molar-refractivity contribution in [3.63, 3.8) is 0 Å². The third-order valence-corrected chi connectivity index (χ3v) is 4.36. The predicted molar refractivity (Wildman–Crippen MR) is 100 cm³/mol. The number of rotatable bonds is 7. The molecular formula is C20H23N3O3. The summed E-state index contributed by atoms with van der Waals surface area (Å²) in [6, 6.07) is 10.7. The number of hydrogen-bond acceptors (Lipinski definition) is 4. The number of carbonyl (C=O) groups is 1. The number of furan rings is 1. The van der Waals surface area contributed by atoms with Gasteiger partial charge in [-0.2, -0.15) is 5.10 Å². The zero-order chi connectivity index (χ0) is 18.5. The van der Waals surface area contributed by atoms with Gasteiger partial charge in [0.25, 0.3) is 11.5 Å². The zero-order valence-electron chi connectivity index (χ0n) is 15.1. The van der Waals surface area contributed by atoms with Crippen molar-refractivity contribution >= 4 is 16.7 Å². The number of aryl methyl sites for hydroxylation is 1. The maximum absolute atomic E-state index is 13.0. The van der Waals surface area contributed by atoms with Crippen molar-refractivity contribution in [3.05, 3.63) is 64.5 Å². The number of nitrogens with zero attached hydrogens (tertiary/aromatic N) is 3. The molecule has 0 saturated carbocycles. The molecule has 0 aliphatic carbocycles. The first-order chi connectivity index (χ1) is 12.6. The minimum Gasteiger partial charge on any atom is -0.467 e. The number of amides is 1. The Labute approximate surface area is 152 Å². The van der Waals surface area contributed by atoms with Gasteiger partial charge in [0.2, 0.25) is 0 Å². The van der Waals surface area contributed by atoms with Crippen molar-refractivity contribution in [2.45, 2.75) is 39.3 Å². The lowest BCUT2D eigenvalue weighted by Crippen LogP contribution is -2.31. The van der Waals surface area contributed by atoms with Crippen molar-refractivity contribution in [2.24, 2.45) is 0 Å². The minimum absolute atomic E-state index is 0.151. The largest absolute Gasteiger partial charge is 0.467 e. The predicted octanol–water partition coefficient (Wildman–Crippen LogP) is 3.45. The average molecular weight is 353 g/mol. The van der Waals surface area contributed by atoms with Crippen LogP contribution in [-0.4, -0.2) is 27.6 Å². The second kappa shape index (κ2) is 7.99. The summed E-state index contributed by atoms with van der Waals surface area (Å²) in [7, 11) is 1.70. The third kappa shape index (κ3) is 3.69. The summed E-state index contributed by atoms with van der Waals surface area (Å²) in [5, 5.41) is 5.51. The molecule has 3 aromatic rings. The van der Waals surface area contributed by atoms with Gasteiger partial charge in [0.05, 0.1) is 18.2 Å². The van der Waals surface area contributed by atoms with E-state index < -0.39 is 0 Å². The van der Waals surface area contributed by atoms with Crippen molar-refractivity contribution in [1.82, 2.24) is 14.7 Å². The zero-order valence-corrected chi connectivity index (χ0v) is 15.1. The average Bonchev–Trinajstić information content (AvgIpc) is 3.16. The molecule has 6 heteroatoms. The quantitative estimate of drug-likeness (QED) is 0.610. The number of aromatic nitrogens is 2. The maximum atomic E-state index is 13.0. The molecule has 0 bridgehead atoms. The van der Waals surface area contributed by atoms with Gasteiger partial charge in [-0.25, -0.2) is 4.68 Å². The van der Waals surface area contributed by atoms with Gasteiger partial charge in [-0.1, -0.05) is 38.0 Å². The molecule has 0 aliphatic rings. The Kier molecular flexibility index (Phi) is 5.51. The highest BCUT2D eigenvalue weighted by atomic mass is 16.3. The van der Waals surface area contributed by atoms with Crippen molar-refractivity contribution in [1.29, 1.82) is 0 Å². The molecule has 0 saturated heterocycles. The van der Waals surface area contributed by atoms with Gasteiger partial charge in [-0.05, 0) is 24.6 Å². The van der Waals surface area contributed by atoms with Gasteiger partial charge in [-0.15, -0.1) is 0 Å². The van der Waals surface area contributed by atoms with Crippen LogP contribution in [0, 0.1) is 0 Å². The van der Waals surface area contributed by atoms with Crippen LogP contribution < -0.4 is 5.56 Å². The summed E-state index contributed by atoms with van der Waals surface area (Å²) >= 11 is 0. The molecule has 0 fully saturated rings. The fourth-order valence-corrected chi connectivity index (χ4v) is 2.95. The molecule has 2 aromatic heterocycles. The standard InChI is InChI=1S/C20H23N3O3/c1-3-4-7-12-23-19(24)17-11-6-5-10-16(17)18(21-23)20(25)22(2)14-15-9-8-13-26-15/h5-6,8-11,13H,3-4,7,12,14H2,1-2H3. The molecule has 0 atom stereocenters. The van der Waals surface area contributed by atoms with Crippen molar-refractivity contribution < 1.29 is 9.21 Å². The summed E-state index contributed by atoms with van der Waals surface area (Å²) in [4.78, 5) is 27.2. The smallest absolute Gasteiger partial charge is 0.275 e. The van der Waals surface area contributed by atoms with Gasteiger partial charge >= 0.3 is 0 Å². The van der Waals surface area contributed by atoms with Crippen LogP contribution in [0.3, 0.4) is 0 Å². The van der Waals surface area contributed by atoms with E-state index in [4.69, 9.17) is 4.42 Å². The van der Waals surface area contributed by atoms with Crippen LogP contribution in [0.15, 0.2) is 51.9 Å². The first-order valence-electron chi connectivity index (χ1n) is 8.89. The molecular weight excluding hydrogens is 330 g/mol. The molecule has 0 spiro atoms. The monoisotopic (exact) mass is 353 g/mol. The second-order valence-electron chi connectivity index (χ2n) is 6.37. The van der Waals surface area contributed by atoms with Crippen LogP contribution in [0.25, 0.3) is 10.8 Å². The van der Waals surface area contributed by atoms with E-state index in [2.05, 4.69) is 12.0 Å². The highest BCUT2D eigenvalue weighted by Crippen LogP contribution is 2.16. The van der Waals surface area contributed by atoms with E-state index in [0.29, 0.717) is 35.3 Å². The Balaban J connectivity index is 1.98. The lowest BCUT2D eigenvalue weighted by atomic mass is 10.1.